The Kier molecular flexibility index (Phi) is 3.27. The molecule has 0 aromatic heterocycles. The molecule has 0 bridgehead atoms. The molecule has 1 N–H and O–H groups in total. The summed E-state index contributed by atoms with van der Waals surface area (Å²) in [5, 5.41) is 3.40. The predicted octanol–water partition coefficient (Wildman–Crippen LogP) is 0.518. The lowest BCUT2D eigenvalue weighted by molar-refractivity contribution is -0.136. The number of nitrogens with one attached hydrogen (secondary N) is 1. The van der Waals surface area contributed by atoms with Gasteiger partial charge in [-0.1, -0.05) is 0 Å². The van der Waals surface area contributed by atoms with Crippen molar-refractivity contribution in [3.8, 4) is 0 Å². The zero-order valence-electron chi connectivity index (χ0n) is 11.7. The summed E-state index contributed by atoms with van der Waals surface area (Å²) in [6.45, 7) is 6.28. The molecule has 2 saturated heterocycles. The second kappa shape index (κ2) is 4.80. The number of rotatable bonds is 2. The Balaban J connectivity index is 1.78. The summed E-state index contributed by atoms with van der Waals surface area (Å²) < 4.78 is 10.8. The molecule has 2 unspecified atom stereocenters. The minimum atomic E-state index is -0.162. The first kappa shape index (κ1) is 12.9. The third kappa shape index (κ3) is 2.05. The third-order valence-electron chi connectivity index (χ3n) is 4.94. The molecular weight excluding hydrogens is 244 g/mol. The van der Waals surface area contributed by atoms with Crippen LogP contribution < -0.4 is 5.32 Å². The number of cyclic esters (lactones) is 1. The molecule has 0 aliphatic carbocycles. The molecule has 106 valence electrons. The van der Waals surface area contributed by atoms with Crippen molar-refractivity contribution in [2.45, 2.75) is 25.9 Å². The lowest BCUT2D eigenvalue weighted by Crippen LogP contribution is -2.51. The van der Waals surface area contributed by atoms with Crippen molar-refractivity contribution in [2.24, 2.45) is 5.41 Å². The van der Waals surface area contributed by atoms with E-state index in [0.29, 0.717) is 6.61 Å². The Hall–Kier alpha value is -1.07. The van der Waals surface area contributed by atoms with E-state index in [1.165, 1.54) is 0 Å². The zero-order chi connectivity index (χ0) is 13.5. The topological polar surface area (TPSA) is 50.8 Å². The molecule has 3 rings (SSSR count). The summed E-state index contributed by atoms with van der Waals surface area (Å²) in [5.74, 6) is -0.162. The van der Waals surface area contributed by atoms with Crippen molar-refractivity contribution in [2.75, 3.05) is 39.9 Å². The summed E-state index contributed by atoms with van der Waals surface area (Å²) in [4.78, 5) is 13.8. The second-order valence-electron chi connectivity index (χ2n) is 5.86. The summed E-state index contributed by atoms with van der Waals surface area (Å²) in [6.07, 6.45) is 2.55. The molecule has 0 saturated carbocycles. The van der Waals surface area contributed by atoms with Crippen molar-refractivity contribution in [1.82, 2.24) is 10.2 Å². The van der Waals surface area contributed by atoms with Gasteiger partial charge in [0.25, 0.3) is 0 Å². The molecule has 1 spiro atoms. The number of carbonyl (C=O) groups excluding carboxylic acids is 1. The number of carbonyl (C=O) groups is 1. The molecule has 0 aromatic carbocycles. The molecule has 2 atom stereocenters. The molecule has 0 radical (unpaired) electrons. The van der Waals surface area contributed by atoms with Crippen molar-refractivity contribution in [3.63, 3.8) is 0 Å². The number of piperidine rings is 1. The van der Waals surface area contributed by atoms with Crippen LogP contribution in [0.15, 0.2) is 11.3 Å². The zero-order valence-corrected chi connectivity index (χ0v) is 11.7. The first-order chi connectivity index (χ1) is 9.16. The van der Waals surface area contributed by atoms with Crippen LogP contribution in [-0.2, 0) is 14.3 Å². The summed E-state index contributed by atoms with van der Waals surface area (Å²) >= 11 is 0. The van der Waals surface area contributed by atoms with Gasteiger partial charge in [0.15, 0.2) is 0 Å². The van der Waals surface area contributed by atoms with Crippen LogP contribution in [0.1, 0.15) is 19.8 Å². The lowest BCUT2D eigenvalue weighted by atomic mass is 9.76. The van der Waals surface area contributed by atoms with Gasteiger partial charge in [-0.3, -0.25) is 0 Å². The fourth-order valence-corrected chi connectivity index (χ4v) is 3.67. The molecule has 0 amide bonds. The molecule has 3 aliphatic rings. The Labute approximate surface area is 113 Å². The normalized spacial score (nSPS) is 35.4. The monoisotopic (exact) mass is 266 g/mol. The lowest BCUT2D eigenvalue weighted by Gasteiger charge is -2.40. The van der Waals surface area contributed by atoms with Gasteiger partial charge in [0.1, 0.15) is 6.61 Å². The van der Waals surface area contributed by atoms with Crippen LogP contribution in [0, 0.1) is 5.41 Å². The number of likely N-dealkylation sites (tertiary alicyclic amines) is 1. The van der Waals surface area contributed by atoms with Gasteiger partial charge in [0.05, 0.1) is 17.4 Å². The number of esters is 1. The highest BCUT2D eigenvalue weighted by Crippen LogP contribution is 2.42. The fourth-order valence-electron chi connectivity index (χ4n) is 3.67. The smallest absolute Gasteiger partial charge is 0.335 e. The van der Waals surface area contributed by atoms with Crippen molar-refractivity contribution in [3.05, 3.63) is 11.3 Å². The Bertz CT molecular complexity index is 421. The number of hydrogen-bond acceptors (Lipinski definition) is 5. The highest BCUT2D eigenvalue weighted by atomic mass is 16.5. The van der Waals surface area contributed by atoms with E-state index in [2.05, 4.69) is 10.2 Å². The standard InChI is InChI=1S/C14H22N2O3/c1-10-11(8-19-13(10)17)16-6-4-14(9-16)3-5-15-7-12(14)18-2/h12,15H,3-9H2,1-2H3. The maximum atomic E-state index is 11.5. The molecule has 3 heterocycles. The highest BCUT2D eigenvalue weighted by Gasteiger charge is 2.47. The van der Waals surface area contributed by atoms with Gasteiger partial charge >= 0.3 is 5.97 Å². The molecular formula is C14H22N2O3. The highest BCUT2D eigenvalue weighted by molar-refractivity contribution is 5.90. The summed E-state index contributed by atoms with van der Waals surface area (Å²) in [7, 11) is 1.80. The average molecular weight is 266 g/mol. The number of ether oxygens (including phenoxy) is 2. The molecule has 0 aromatic rings. The van der Waals surface area contributed by atoms with E-state index >= 15 is 0 Å². The maximum absolute atomic E-state index is 11.5. The SMILES string of the molecule is COC1CNCCC12CCN(C1=C(C)C(=O)OC1)C2. The van der Waals surface area contributed by atoms with Gasteiger partial charge in [-0.15, -0.1) is 0 Å². The molecule has 5 nitrogen and oxygen atoms in total. The summed E-state index contributed by atoms with van der Waals surface area (Å²) in [5.41, 5.74) is 2.09. The van der Waals surface area contributed by atoms with Crippen LogP contribution in [0.4, 0.5) is 0 Å². The number of hydrogen-bond donors (Lipinski definition) is 1. The van der Waals surface area contributed by atoms with Crippen LogP contribution >= 0.6 is 0 Å². The van der Waals surface area contributed by atoms with Crippen LogP contribution in [0.5, 0.6) is 0 Å². The number of methoxy groups -OCH3 is 1. The van der Waals surface area contributed by atoms with Crippen LogP contribution in [0.3, 0.4) is 0 Å². The van der Waals surface area contributed by atoms with Crippen LogP contribution in [-0.4, -0.2) is 56.9 Å². The van der Waals surface area contributed by atoms with Gasteiger partial charge in [-0.05, 0) is 26.3 Å². The third-order valence-corrected chi connectivity index (χ3v) is 4.94. The van der Waals surface area contributed by atoms with E-state index in [0.717, 1.165) is 50.3 Å². The fraction of sp³-hybridized carbons (Fsp3) is 0.786. The van der Waals surface area contributed by atoms with E-state index < -0.39 is 0 Å². The molecule has 19 heavy (non-hydrogen) atoms. The van der Waals surface area contributed by atoms with Crippen molar-refractivity contribution < 1.29 is 14.3 Å². The van der Waals surface area contributed by atoms with Gasteiger partial charge in [-0.25, -0.2) is 4.79 Å². The molecule has 2 fully saturated rings. The first-order valence-electron chi connectivity index (χ1n) is 7.02. The van der Waals surface area contributed by atoms with Crippen LogP contribution in [0.25, 0.3) is 0 Å². The van der Waals surface area contributed by atoms with E-state index in [-0.39, 0.29) is 17.5 Å². The molecule has 5 heteroatoms. The van der Waals surface area contributed by atoms with Gasteiger partial charge in [0, 0.05) is 32.2 Å². The van der Waals surface area contributed by atoms with E-state index in [1.807, 2.05) is 6.92 Å². The minimum Gasteiger partial charge on any atom is -0.456 e. The minimum absolute atomic E-state index is 0.162. The quantitative estimate of drug-likeness (QED) is 0.738. The predicted molar refractivity (Wildman–Crippen MR) is 70.6 cm³/mol. The maximum Gasteiger partial charge on any atom is 0.335 e. The Morgan fingerprint density at radius 3 is 3.00 bits per heavy atom. The number of nitrogens with zero attached hydrogens (tertiary/aromatic N) is 1. The van der Waals surface area contributed by atoms with Gasteiger partial charge in [0.2, 0.25) is 0 Å². The molecule has 3 aliphatic heterocycles. The first-order valence-corrected chi connectivity index (χ1v) is 7.02. The van der Waals surface area contributed by atoms with E-state index in [4.69, 9.17) is 9.47 Å². The Morgan fingerprint density at radius 1 is 1.47 bits per heavy atom. The van der Waals surface area contributed by atoms with E-state index in [1.54, 1.807) is 7.11 Å². The largest absolute Gasteiger partial charge is 0.456 e. The van der Waals surface area contributed by atoms with Gasteiger partial charge in [-0.2, -0.15) is 0 Å². The summed E-state index contributed by atoms with van der Waals surface area (Å²) in [6, 6.07) is 0. The second-order valence-corrected chi connectivity index (χ2v) is 5.86. The van der Waals surface area contributed by atoms with Crippen molar-refractivity contribution in [1.29, 1.82) is 0 Å². The average Bonchev–Trinajstić information content (AvgIpc) is 2.97. The van der Waals surface area contributed by atoms with Gasteiger partial charge < -0.3 is 19.7 Å². The van der Waals surface area contributed by atoms with Crippen molar-refractivity contribution >= 4 is 5.97 Å². The van der Waals surface area contributed by atoms with E-state index in [9.17, 15) is 4.79 Å². The van der Waals surface area contributed by atoms with Crippen LogP contribution in [0.2, 0.25) is 0 Å². The Morgan fingerprint density at radius 2 is 2.32 bits per heavy atom.